The predicted octanol–water partition coefficient (Wildman–Crippen LogP) is 0.677. The van der Waals surface area contributed by atoms with Crippen molar-refractivity contribution in [3.8, 4) is 0 Å². The van der Waals surface area contributed by atoms with Gasteiger partial charge in [-0.2, -0.15) is 0 Å². The second-order valence-electron chi connectivity index (χ2n) is 4.50. The third-order valence-corrected chi connectivity index (χ3v) is 5.16. The van der Waals surface area contributed by atoms with E-state index in [1.165, 1.54) is 0 Å². The molecule has 0 aliphatic carbocycles. The summed E-state index contributed by atoms with van der Waals surface area (Å²) in [7, 11) is -3.04. The van der Waals surface area contributed by atoms with Crippen LogP contribution < -0.4 is 5.32 Å². The smallest absolute Gasteiger partial charge is 0.178 e. The molecule has 0 bridgehead atoms. The summed E-state index contributed by atoms with van der Waals surface area (Å²) in [5.74, 6) is 0.246. The monoisotopic (exact) mass is 253 g/mol. The Bertz CT molecular complexity index is 533. The van der Waals surface area contributed by atoms with Crippen molar-refractivity contribution in [1.82, 2.24) is 5.32 Å². The van der Waals surface area contributed by atoms with Gasteiger partial charge in [0.15, 0.2) is 9.84 Å². The third kappa shape index (κ3) is 1.99. The number of morpholine rings is 1. The molecule has 1 N–H and O–H groups in total. The van der Waals surface area contributed by atoms with Crippen molar-refractivity contribution < 1.29 is 13.2 Å². The van der Waals surface area contributed by atoms with E-state index >= 15 is 0 Å². The van der Waals surface area contributed by atoms with E-state index in [1.54, 1.807) is 6.07 Å². The van der Waals surface area contributed by atoms with Gasteiger partial charge in [0.05, 0.1) is 23.4 Å². The maximum absolute atomic E-state index is 11.8. The Kier molecular flexibility index (Phi) is 2.69. The molecule has 3 rings (SSSR count). The molecule has 1 aromatic rings. The van der Waals surface area contributed by atoms with Crippen molar-refractivity contribution in [2.24, 2.45) is 0 Å². The van der Waals surface area contributed by atoms with Crippen LogP contribution in [0.1, 0.15) is 17.2 Å². The standard InChI is InChI=1S/C12H15NO3S/c14-17(15)6-3-9-1-2-10(7-12(9)17)11-8-13-4-5-16-11/h1-2,7,11,13H,3-6,8H2. The minimum Gasteiger partial charge on any atom is -0.371 e. The normalized spacial score (nSPS) is 26.7. The van der Waals surface area contributed by atoms with Crippen molar-refractivity contribution in [3.05, 3.63) is 29.3 Å². The van der Waals surface area contributed by atoms with Crippen molar-refractivity contribution in [3.63, 3.8) is 0 Å². The summed E-state index contributed by atoms with van der Waals surface area (Å²) < 4.78 is 29.3. The average Bonchev–Trinajstić information content (AvgIpc) is 2.66. The topological polar surface area (TPSA) is 55.4 Å². The molecule has 0 radical (unpaired) electrons. The molecule has 0 aromatic heterocycles. The summed E-state index contributed by atoms with van der Waals surface area (Å²) in [4.78, 5) is 0.504. The van der Waals surface area contributed by atoms with E-state index < -0.39 is 9.84 Å². The molecule has 1 saturated heterocycles. The van der Waals surface area contributed by atoms with Crippen molar-refractivity contribution >= 4 is 9.84 Å². The molecule has 4 nitrogen and oxygen atoms in total. The Morgan fingerprint density at radius 3 is 3.00 bits per heavy atom. The van der Waals surface area contributed by atoms with E-state index in [0.29, 0.717) is 17.9 Å². The predicted molar refractivity (Wildman–Crippen MR) is 63.8 cm³/mol. The van der Waals surface area contributed by atoms with E-state index in [9.17, 15) is 8.42 Å². The Morgan fingerprint density at radius 2 is 2.24 bits per heavy atom. The quantitative estimate of drug-likeness (QED) is 0.799. The molecule has 5 heteroatoms. The lowest BCUT2D eigenvalue weighted by Gasteiger charge is -2.24. The molecule has 1 unspecified atom stereocenters. The van der Waals surface area contributed by atoms with Crippen LogP contribution in [-0.4, -0.2) is 33.9 Å². The zero-order chi connectivity index (χ0) is 11.9. The van der Waals surface area contributed by atoms with E-state index in [1.807, 2.05) is 12.1 Å². The highest BCUT2D eigenvalue weighted by Gasteiger charge is 2.27. The van der Waals surface area contributed by atoms with Crippen LogP contribution in [0.4, 0.5) is 0 Å². The molecule has 1 fully saturated rings. The van der Waals surface area contributed by atoms with Crippen LogP contribution in [0, 0.1) is 0 Å². The minimum absolute atomic E-state index is 0.0233. The zero-order valence-corrected chi connectivity index (χ0v) is 10.3. The lowest BCUT2D eigenvalue weighted by atomic mass is 10.1. The fraction of sp³-hybridized carbons (Fsp3) is 0.500. The molecule has 1 atom stereocenters. The third-order valence-electron chi connectivity index (χ3n) is 3.37. The van der Waals surface area contributed by atoms with Crippen LogP contribution in [-0.2, 0) is 21.0 Å². The fourth-order valence-electron chi connectivity index (χ4n) is 2.40. The average molecular weight is 253 g/mol. The fourth-order valence-corrected chi connectivity index (χ4v) is 4.00. The first-order valence-electron chi connectivity index (χ1n) is 5.85. The Hall–Kier alpha value is -0.910. The van der Waals surface area contributed by atoms with E-state index in [4.69, 9.17) is 4.74 Å². The molecule has 0 spiro atoms. The van der Waals surface area contributed by atoms with E-state index in [-0.39, 0.29) is 11.9 Å². The molecule has 17 heavy (non-hydrogen) atoms. The summed E-state index contributed by atoms with van der Waals surface area (Å²) in [6, 6.07) is 5.69. The number of sulfone groups is 1. The zero-order valence-electron chi connectivity index (χ0n) is 9.48. The van der Waals surface area contributed by atoms with Gasteiger partial charge in [0.2, 0.25) is 0 Å². The molecule has 2 heterocycles. The number of benzene rings is 1. The van der Waals surface area contributed by atoms with Gasteiger partial charge in [0.1, 0.15) is 0 Å². The summed E-state index contributed by atoms with van der Waals surface area (Å²) >= 11 is 0. The van der Waals surface area contributed by atoms with Crippen LogP contribution >= 0.6 is 0 Å². The van der Waals surface area contributed by atoms with Crippen LogP contribution in [0.5, 0.6) is 0 Å². The van der Waals surface area contributed by atoms with Crippen molar-refractivity contribution in [2.75, 3.05) is 25.4 Å². The minimum atomic E-state index is -3.04. The van der Waals surface area contributed by atoms with Gasteiger partial charge in [-0.05, 0) is 23.6 Å². The van der Waals surface area contributed by atoms with Gasteiger partial charge in [-0.15, -0.1) is 0 Å². The number of ether oxygens (including phenoxy) is 1. The molecule has 0 amide bonds. The molecule has 1 aromatic carbocycles. The number of rotatable bonds is 1. The Labute approximate surface area is 101 Å². The Morgan fingerprint density at radius 1 is 1.35 bits per heavy atom. The molecule has 92 valence electrons. The summed E-state index contributed by atoms with van der Waals surface area (Å²) in [5.41, 5.74) is 1.90. The molecule has 0 saturated carbocycles. The van der Waals surface area contributed by atoms with Crippen molar-refractivity contribution in [2.45, 2.75) is 17.4 Å². The van der Waals surface area contributed by atoms with Gasteiger partial charge in [0, 0.05) is 13.1 Å². The number of fused-ring (bicyclic) bond motifs is 1. The van der Waals surface area contributed by atoms with E-state index in [2.05, 4.69) is 5.32 Å². The lowest BCUT2D eigenvalue weighted by molar-refractivity contribution is 0.0275. The second-order valence-corrected chi connectivity index (χ2v) is 6.58. The maximum Gasteiger partial charge on any atom is 0.178 e. The van der Waals surface area contributed by atoms with Crippen LogP contribution in [0.25, 0.3) is 0 Å². The second kappa shape index (κ2) is 4.08. The van der Waals surface area contributed by atoms with Gasteiger partial charge >= 0.3 is 0 Å². The van der Waals surface area contributed by atoms with Gasteiger partial charge < -0.3 is 10.1 Å². The first-order chi connectivity index (χ1) is 8.17. The SMILES string of the molecule is O=S1(=O)CCc2ccc(C3CNCCO3)cc21. The van der Waals surface area contributed by atoms with E-state index in [0.717, 1.165) is 24.2 Å². The summed E-state index contributed by atoms with van der Waals surface area (Å²) in [6.45, 7) is 2.28. The summed E-state index contributed by atoms with van der Waals surface area (Å²) in [5, 5.41) is 3.25. The highest BCUT2D eigenvalue weighted by molar-refractivity contribution is 7.91. The number of aryl methyl sites for hydroxylation is 1. The lowest BCUT2D eigenvalue weighted by Crippen LogP contribution is -2.33. The van der Waals surface area contributed by atoms with Gasteiger partial charge in [0.25, 0.3) is 0 Å². The van der Waals surface area contributed by atoms with Crippen LogP contribution in [0.15, 0.2) is 23.1 Å². The summed E-state index contributed by atoms with van der Waals surface area (Å²) in [6.07, 6.45) is 0.617. The number of nitrogens with one attached hydrogen (secondary N) is 1. The largest absolute Gasteiger partial charge is 0.371 e. The first-order valence-corrected chi connectivity index (χ1v) is 7.50. The molecular formula is C12H15NO3S. The van der Waals surface area contributed by atoms with Crippen LogP contribution in [0.3, 0.4) is 0 Å². The van der Waals surface area contributed by atoms with Gasteiger partial charge in [-0.3, -0.25) is 0 Å². The molecule has 2 aliphatic rings. The highest BCUT2D eigenvalue weighted by Crippen LogP contribution is 2.30. The number of hydrogen-bond donors (Lipinski definition) is 1. The van der Waals surface area contributed by atoms with Gasteiger partial charge in [-0.25, -0.2) is 8.42 Å². The highest BCUT2D eigenvalue weighted by atomic mass is 32.2. The maximum atomic E-state index is 11.8. The molecule has 2 aliphatic heterocycles. The van der Waals surface area contributed by atoms with Crippen LogP contribution in [0.2, 0.25) is 0 Å². The van der Waals surface area contributed by atoms with Crippen molar-refractivity contribution in [1.29, 1.82) is 0 Å². The molecular weight excluding hydrogens is 238 g/mol. The number of hydrogen-bond acceptors (Lipinski definition) is 4. The first kappa shape index (κ1) is 11.2. The Balaban J connectivity index is 1.98. The van der Waals surface area contributed by atoms with Gasteiger partial charge in [-0.1, -0.05) is 12.1 Å².